The maximum Gasteiger partial charge on any atom is 0.356 e. The zero-order chi connectivity index (χ0) is 21.3. The number of nitrogens with zero attached hydrogens (tertiary/aromatic N) is 1. The molecule has 1 fully saturated rings. The van der Waals surface area contributed by atoms with Crippen LogP contribution < -0.4 is 5.73 Å². The van der Waals surface area contributed by atoms with Crippen LogP contribution in [0.3, 0.4) is 0 Å². The molecule has 2 N–H and O–H groups in total. The fraction of sp³-hybridized carbons (Fsp3) is 0.273. The average molecular weight is 429 g/mol. The van der Waals surface area contributed by atoms with Gasteiger partial charge in [0.2, 0.25) is 5.72 Å². The number of esters is 1. The van der Waals surface area contributed by atoms with E-state index in [2.05, 4.69) is 0 Å². The van der Waals surface area contributed by atoms with Crippen molar-refractivity contribution in [2.75, 3.05) is 19.6 Å². The third-order valence-electron chi connectivity index (χ3n) is 5.27. The molecule has 0 unspecified atom stereocenters. The number of halogens is 1. The van der Waals surface area contributed by atoms with Crippen molar-refractivity contribution < 1.29 is 23.8 Å². The highest BCUT2D eigenvalue weighted by molar-refractivity contribution is 6.20. The van der Waals surface area contributed by atoms with Gasteiger partial charge in [0.05, 0.1) is 6.61 Å². The van der Waals surface area contributed by atoms with E-state index in [4.69, 9.17) is 31.5 Å². The second-order valence-corrected chi connectivity index (χ2v) is 7.30. The molecular formula is C22H21ClN2O5. The van der Waals surface area contributed by atoms with E-state index in [-0.39, 0.29) is 18.2 Å². The lowest BCUT2D eigenvalue weighted by molar-refractivity contribution is -0.248. The molecule has 0 radical (unpaired) electrons. The molecule has 2 heterocycles. The van der Waals surface area contributed by atoms with E-state index in [1.165, 1.54) is 12.0 Å². The van der Waals surface area contributed by atoms with Gasteiger partial charge in [0.15, 0.2) is 12.3 Å². The van der Waals surface area contributed by atoms with Crippen LogP contribution in [0.15, 0.2) is 71.9 Å². The fourth-order valence-corrected chi connectivity index (χ4v) is 3.84. The first kappa shape index (κ1) is 20.6. The summed E-state index contributed by atoms with van der Waals surface area (Å²) in [6, 6.07) is 18.7. The lowest BCUT2D eigenvalue weighted by atomic mass is 9.95. The topological polar surface area (TPSA) is 91.1 Å². The molecule has 0 saturated carbocycles. The van der Waals surface area contributed by atoms with Gasteiger partial charge < -0.3 is 14.2 Å². The van der Waals surface area contributed by atoms with Crippen molar-refractivity contribution in [3.05, 3.63) is 83.1 Å². The number of hydrogen-bond acceptors (Lipinski definition) is 6. The molecule has 0 bridgehead atoms. The van der Waals surface area contributed by atoms with E-state index in [1.807, 2.05) is 60.7 Å². The number of benzene rings is 2. The monoisotopic (exact) mass is 428 g/mol. The zero-order valence-electron chi connectivity index (χ0n) is 16.3. The minimum atomic E-state index is -1.64. The van der Waals surface area contributed by atoms with Crippen LogP contribution in [0, 0.1) is 0 Å². The predicted octanol–water partition coefficient (Wildman–Crippen LogP) is 2.31. The number of nitrogens with two attached hydrogens (primary N) is 1. The summed E-state index contributed by atoms with van der Waals surface area (Å²) in [5.41, 5.74) is 6.45. The van der Waals surface area contributed by atoms with Gasteiger partial charge in [-0.1, -0.05) is 60.7 Å². The average Bonchev–Trinajstić information content (AvgIpc) is 2.81. The summed E-state index contributed by atoms with van der Waals surface area (Å²) in [5, 5.41) is 0. The molecule has 0 spiro atoms. The quantitative estimate of drug-likeness (QED) is 0.328. The molecule has 0 aromatic heterocycles. The molecule has 8 heteroatoms. The Bertz CT molecular complexity index is 942. The van der Waals surface area contributed by atoms with Crippen LogP contribution in [0.5, 0.6) is 0 Å². The minimum absolute atomic E-state index is 0.00677. The van der Waals surface area contributed by atoms with Gasteiger partial charge in [0.25, 0.3) is 5.91 Å². The molecule has 0 aliphatic carbocycles. The van der Waals surface area contributed by atoms with Gasteiger partial charge in [0.1, 0.15) is 5.70 Å². The second kappa shape index (κ2) is 8.20. The second-order valence-electron chi connectivity index (χ2n) is 7.03. The molecule has 1 saturated heterocycles. The molecular weight excluding hydrogens is 408 g/mol. The van der Waals surface area contributed by atoms with Gasteiger partial charge in [0, 0.05) is 18.6 Å². The normalized spacial score (nSPS) is 23.3. The molecule has 4 rings (SSSR count). The molecule has 2 aromatic rings. The van der Waals surface area contributed by atoms with Crippen molar-refractivity contribution in [2.45, 2.75) is 18.1 Å². The summed E-state index contributed by atoms with van der Waals surface area (Å²) in [4.78, 5) is 27.1. The Kier molecular flexibility index (Phi) is 5.62. The number of alkyl halides is 1. The van der Waals surface area contributed by atoms with Gasteiger partial charge in [-0.2, -0.15) is 0 Å². The van der Waals surface area contributed by atoms with Crippen LogP contribution in [-0.2, 0) is 23.8 Å². The minimum Gasteiger partial charge on any atom is -0.448 e. The molecule has 2 aliphatic rings. The lowest BCUT2D eigenvalue weighted by Gasteiger charge is -2.54. The summed E-state index contributed by atoms with van der Waals surface area (Å²) < 4.78 is 16.7. The predicted molar refractivity (Wildman–Crippen MR) is 109 cm³/mol. The number of hydrogen-bond donors (Lipinski definition) is 1. The van der Waals surface area contributed by atoms with Gasteiger partial charge in [-0.25, -0.2) is 4.79 Å². The Hall–Kier alpha value is -2.71. The van der Waals surface area contributed by atoms with Crippen molar-refractivity contribution >= 4 is 23.5 Å². The van der Waals surface area contributed by atoms with Crippen LogP contribution in [0.4, 0.5) is 0 Å². The van der Waals surface area contributed by atoms with Crippen LogP contribution in [0.2, 0.25) is 0 Å². The first-order valence-corrected chi connectivity index (χ1v) is 9.93. The summed E-state index contributed by atoms with van der Waals surface area (Å²) in [6.45, 7) is 0.0476. The largest absolute Gasteiger partial charge is 0.448 e. The third kappa shape index (κ3) is 3.30. The summed E-state index contributed by atoms with van der Waals surface area (Å²) in [6.07, 6.45) is -1.58. The van der Waals surface area contributed by atoms with Crippen LogP contribution in [0.25, 0.3) is 0 Å². The molecule has 2 aliphatic heterocycles. The van der Waals surface area contributed by atoms with Crippen molar-refractivity contribution in [1.29, 1.82) is 0 Å². The van der Waals surface area contributed by atoms with Gasteiger partial charge in [-0.05, 0) is 11.1 Å². The van der Waals surface area contributed by atoms with E-state index in [9.17, 15) is 9.59 Å². The summed E-state index contributed by atoms with van der Waals surface area (Å²) in [7, 11) is 1.32. The Morgan fingerprint density at radius 2 is 1.77 bits per heavy atom. The lowest BCUT2D eigenvalue weighted by Crippen LogP contribution is -2.80. The van der Waals surface area contributed by atoms with Crippen molar-refractivity contribution in [1.82, 2.24) is 4.90 Å². The zero-order valence-corrected chi connectivity index (χ0v) is 17.0. The van der Waals surface area contributed by atoms with Crippen molar-refractivity contribution in [2.24, 2.45) is 5.73 Å². The maximum atomic E-state index is 13.3. The number of carbonyl (C=O) groups excluding carboxylic acids is 2. The Morgan fingerprint density at radius 1 is 1.20 bits per heavy atom. The number of ether oxygens (including phenoxy) is 3. The molecule has 156 valence electrons. The molecule has 2 atom stereocenters. The van der Waals surface area contributed by atoms with E-state index in [0.717, 1.165) is 11.1 Å². The first-order valence-electron chi connectivity index (χ1n) is 9.39. The van der Waals surface area contributed by atoms with Gasteiger partial charge >= 0.3 is 5.97 Å². The summed E-state index contributed by atoms with van der Waals surface area (Å²) in [5.74, 6) is -1.25. The first-order chi connectivity index (χ1) is 14.5. The van der Waals surface area contributed by atoms with E-state index >= 15 is 0 Å². The molecule has 30 heavy (non-hydrogen) atoms. The number of methoxy groups -OCH3 is 1. The van der Waals surface area contributed by atoms with Crippen LogP contribution in [-0.4, -0.2) is 48.3 Å². The Morgan fingerprint density at radius 3 is 2.27 bits per heavy atom. The number of carbonyl (C=O) groups is 2. The SMILES string of the molecule is CO[C@]1(N)C(=O)N2C(C(=O)OC(c3ccccc3)c3ccccc3)=C(CCl)CO[C@@H]21. The highest BCUT2D eigenvalue weighted by atomic mass is 35.5. The number of β-lactam (4-membered cyclic amide) rings is 1. The molecule has 1 amide bonds. The Balaban J connectivity index is 1.68. The van der Waals surface area contributed by atoms with E-state index in [1.54, 1.807) is 0 Å². The maximum absolute atomic E-state index is 13.3. The highest BCUT2D eigenvalue weighted by Crippen LogP contribution is 2.40. The van der Waals surface area contributed by atoms with Gasteiger partial charge in [-0.15, -0.1) is 11.6 Å². The van der Waals surface area contributed by atoms with Crippen molar-refractivity contribution in [3.63, 3.8) is 0 Å². The highest BCUT2D eigenvalue weighted by Gasteiger charge is 2.64. The third-order valence-corrected chi connectivity index (χ3v) is 5.59. The smallest absolute Gasteiger partial charge is 0.356 e. The molecule has 7 nitrogen and oxygen atoms in total. The Labute approximate surface area is 179 Å². The summed E-state index contributed by atoms with van der Waals surface area (Å²) >= 11 is 6.03. The van der Waals surface area contributed by atoms with Crippen LogP contribution in [0.1, 0.15) is 17.2 Å². The van der Waals surface area contributed by atoms with Gasteiger partial charge in [-0.3, -0.25) is 15.4 Å². The number of rotatable bonds is 6. The number of amides is 1. The van der Waals surface area contributed by atoms with Crippen molar-refractivity contribution in [3.8, 4) is 0 Å². The fourth-order valence-electron chi connectivity index (χ4n) is 3.64. The van der Waals surface area contributed by atoms with Crippen LogP contribution >= 0.6 is 11.6 Å². The number of fused-ring (bicyclic) bond motifs is 1. The molecule has 2 aromatic carbocycles. The standard InChI is InChI=1S/C22H21ClN2O5/c1-28-22(24)20(27)25-17(16(12-23)13-29-21(22)25)19(26)30-18(14-8-4-2-5-9-14)15-10-6-3-7-11-15/h2-11,18,21H,12-13,24H2,1H3/t21-,22-/m1/s1. The van der Waals surface area contributed by atoms with E-state index in [0.29, 0.717) is 5.57 Å². The van der Waals surface area contributed by atoms with E-state index < -0.39 is 29.9 Å².